The third kappa shape index (κ3) is 2.99. The molecule has 0 bridgehead atoms. The van der Waals surface area contributed by atoms with Crippen LogP contribution in [0.3, 0.4) is 0 Å². The third-order valence-corrected chi connectivity index (χ3v) is 2.64. The Hall–Kier alpha value is -1.52. The molecule has 2 rings (SSSR count). The van der Waals surface area contributed by atoms with Gasteiger partial charge in [0, 0.05) is 5.02 Å². The highest BCUT2D eigenvalue weighted by atomic mass is 35.5. The van der Waals surface area contributed by atoms with Gasteiger partial charge in [0.2, 0.25) is 5.88 Å². The van der Waals surface area contributed by atoms with Gasteiger partial charge in [-0.2, -0.15) is 0 Å². The fourth-order valence-electron chi connectivity index (χ4n) is 1.20. The van der Waals surface area contributed by atoms with Gasteiger partial charge >= 0.3 is 0 Å². The number of aromatic nitrogens is 2. The van der Waals surface area contributed by atoms with Gasteiger partial charge in [-0.15, -0.1) is 0 Å². The number of halogens is 2. The van der Waals surface area contributed by atoms with E-state index in [9.17, 15) is 4.79 Å². The Kier molecular flexibility index (Phi) is 3.66. The fraction of sp³-hybridized carbons (Fsp3) is 0.0909. The summed E-state index contributed by atoms with van der Waals surface area (Å²) in [4.78, 5) is 17.4. The van der Waals surface area contributed by atoms with Crippen molar-refractivity contribution in [3.8, 4) is 5.88 Å². The van der Waals surface area contributed by atoms with Crippen molar-refractivity contribution in [2.75, 3.05) is 0 Å². The largest absolute Gasteiger partial charge is 0.472 e. The van der Waals surface area contributed by atoms with E-state index in [2.05, 4.69) is 9.97 Å². The number of hydrogen-bond acceptors (Lipinski definition) is 3. The van der Waals surface area contributed by atoms with Gasteiger partial charge < -0.3 is 9.72 Å². The Labute approximate surface area is 107 Å². The van der Waals surface area contributed by atoms with Gasteiger partial charge in [-0.1, -0.05) is 35.3 Å². The van der Waals surface area contributed by atoms with Crippen molar-refractivity contribution in [2.24, 2.45) is 0 Å². The molecule has 2 aromatic rings. The smallest absolute Gasteiger partial charge is 0.273 e. The minimum atomic E-state index is -0.423. The summed E-state index contributed by atoms with van der Waals surface area (Å²) < 4.78 is 5.34. The van der Waals surface area contributed by atoms with E-state index in [1.807, 2.05) is 12.1 Å². The lowest BCUT2D eigenvalue weighted by molar-refractivity contribution is 0.293. The van der Waals surface area contributed by atoms with Crippen LogP contribution in [0.5, 0.6) is 5.88 Å². The van der Waals surface area contributed by atoms with Crippen molar-refractivity contribution in [1.82, 2.24) is 9.97 Å². The standard InChI is InChI=1S/C11H8Cl2N2O2/c12-8-3-1-7(2-4-8)5-17-11-9(13)10(16)14-6-15-11/h1-4,6H,5H2,(H,14,15,16). The molecule has 0 aliphatic rings. The zero-order valence-corrected chi connectivity index (χ0v) is 10.1. The number of benzene rings is 1. The molecule has 6 heteroatoms. The second-order valence-corrected chi connectivity index (χ2v) is 4.08. The number of aromatic amines is 1. The van der Waals surface area contributed by atoms with Gasteiger partial charge in [0.1, 0.15) is 6.61 Å². The quantitative estimate of drug-likeness (QED) is 0.933. The number of nitrogens with zero attached hydrogens (tertiary/aromatic N) is 1. The number of ether oxygens (including phenoxy) is 1. The van der Waals surface area contributed by atoms with Crippen LogP contribution in [0, 0.1) is 0 Å². The molecule has 17 heavy (non-hydrogen) atoms. The highest BCUT2D eigenvalue weighted by Crippen LogP contribution is 2.17. The minimum absolute atomic E-state index is 0.0542. The first-order chi connectivity index (χ1) is 8.16. The molecule has 0 aliphatic heterocycles. The predicted octanol–water partition coefficient (Wildman–Crippen LogP) is 2.66. The molecule has 0 spiro atoms. The minimum Gasteiger partial charge on any atom is -0.472 e. The summed E-state index contributed by atoms with van der Waals surface area (Å²) in [6.07, 6.45) is 1.24. The molecule has 0 fully saturated rings. The second-order valence-electron chi connectivity index (χ2n) is 3.27. The highest BCUT2D eigenvalue weighted by Gasteiger charge is 2.06. The highest BCUT2D eigenvalue weighted by molar-refractivity contribution is 6.31. The van der Waals surface area contributed by atoms with E-state index in [1.54, 1.807) is 12.1 Å². The topological polar surface area (TPSA) is 55.0 Å². The fourth-order valence-corrected chi connectivity index (χ4v) is 1.48. The summed E-state index contributed by atoms with van der Waals surface area (Å²) in [6, 6.07) is 7.16. The first kappa shape index (κ1) is 12.0. The Morgan fingerprint density at radius 1 is 1.24 bits per heavy atom. The van der Waals surface area contributed by atoms with Crippen LogP contribution in [-0.4, -0.2) is 9.97 Å². The van der Waals surface area contributed by atoms with Crippen LogP contribution in [-0.2, 0) is 6.61 Å². The van der Waals surface area contributed by atoms with Crippen molar-refractivity contribution < 1.29 is 4.74 Å². The Morgan fingerprint density at radius 2 is 1.94 bits per heavy atom. The van der Waals surface area contributed by atoms with Gasteiger partial charge in [-0.05, 0) is 17.7 Å². The van der Waals surface area contributed by atoms with E-state index in [0.29, 0.717) is 5.02 Å². The van der Waals surface area contributed by atoms with Crippen LogP contribution in [0.1, 0.15) is 5.56 Å². The van der Waals surface area contributed by atoms with Crippen LogP contribution >= 0.6 is 23.2 Å². The normalized spacial score (nSPS) is 10.2. The lowest BCUT2D eigenvalue weighted by Crippen LogP contribution is -2.09. The van der Waals surface area contributed by atoms with E-state index in [4.69, 9.17) is 27.9 Å². The second kappa shape index (κ2) is 5.21. The molecule has 88 valence electrons. The average molecular weight is 271 g/mol. The third-order valence-electron chi connectivity index (χ3n) is 2.05. The first-order valence-corrected chi connectivity index (χ1v) is 5.53. The Bertz CT molecular complexity index is 566. The van der Waals surface area contributed by atoms with Crippen LogP contribution in [0.15, 0.2) is 35.4 Å². The summed E-state index contributed by atoms with van der Waals surface area (Å²) in [5, 5.41) is 0.600. The molecule has 1 aromatic heterocycles. The first-order valence-electron chi connectivity index (χ1n) is 4.77. The summed E-state index contributed by atoms with van der Waals surface area (Å²) in [6.45, 7) is 0.271. The molecule has 0 radical (unpaired) electrons. The SMILES string of the molecule is O=c1[nH]cnc(OCc2ccc(Cl)cc2)c1Cl. The summed E-state index contributed by atoms with van der Waals surface area (Å²) >= 11 is 11.5. The van der Waals surface area contributed by atoms with E-state index in [-0.39, 0.29) is 17.5 Å². The maximum absolute atomic E-state index is 11.2. The Morgan fingerprint density at radius 3 is 2.65 bits per heavy atom. The van der Waals surface area contributed by atoms with E-state index in [1.165, 1.54) is 6.33 Å². The molecule has 0 unspecified atom stereocenters. The summed E-state index contributed by atoms with van der Waals surface area (Å²) in [7, 11) is 0. The molecule has 0 saturated carbocycles. The molecule has 0 atom stereocenters. The van der Waals surface area contributed by atoms with Crippen LogP contribution in [0.4, 0.5) is 0 Å². The molecule has 0 aliphatic carbocycles. The summed E-state index contributed by atoms with van der Waals surface area (Å²) in [5.74, 6) is 0.116. The monoisotopic (exact) mass is 270 g/mol. The zero-order valence-electron chi connectivity index (χ0n) is 8.61. The van der Waals surface area contributed by atoms with Crippen molar-refractivity contribution in [1.29, 1.82) is 0 Å². The maximum atomic E-state index is 11.2. The zero-order chi connectivity index (χ0) is 12.3. The number of hydrogen-bond donors (Lipinski definition) is 1. The van der Waals surface area contributed by atoms with Gasteiger partial charge in [0.15, 0.2) is 5.02 Å². The van der Waals surface area contributed by atoms with Crippen LogP contribution in [0.2, 0.25) is 10.0 Å². The van der Waals surface area contributed by atoms with Crippen molar-refractivity contribution in [3.05, 3.63) is 56.6 Å². The van der Waals surface area contributed by atoms with Crippen molar-refractivity contribution >= 4 is 23.2 Å². The van der Waals surface area contributed by atoms with Crippen LogP contribution in [0.25, 0.3) is 0 Å². The molecular weight excluding hydrogens is 263 g/mol. The van der Waals surface area contributed by atoms with Gasteiger partial charge in [0.25, 0.3) is 5.56 Å². The molecule has 1 N–H and O–H groups in total. The lowest BCUT2D eigenvalue weighted by atomic mass is 10.2. The molecular formula is C11H8Cl2N2O2. The number of nitrogens with one attached hydrogen (secondary N) is 1. The van der Waals surface area contributed by atoms with Crippen molar-refractivity contribution in [3.63, 3.8) is 0 Å². The number of H-pyrrole nitrogens is 1. The molecule has 1 heterocycles. The maximum Gasteiger partial charge on any atom is 0.273 e. The molecule has 4 nitrogen and oxygen atoms in total. The summed E-state index contributed by atoms with van der Waals surface area (Å²) in [5.41, 5.74) is 0.486. The van der Waals surface area contributed by atoms with Crippen molar-refractivity contribution in [2.45, 2.75) is 6.61 Å². The Balaban J connectivity index is 2.10. The molecule has 1 aromatic carbocycles. The van der Waals surface area contributed by atoms with Gasteiger partial charge in [-0.25, -0.2) is 4.98 Å². The number of rotatable bonds is 3. The molecule has 0 saturated heterocycles. The van der Waals surface area contributed by atoms with Crippen LogP contribution < -0.4 is 10.3 Å². The van der Waals surface area contributed by atoms with E-state index >= 15 is 0 Å². The predicted molar refractivity (Wildman–Crippen MR) is 65.7 cm³/mol. The lowest BCUT2D eigenvalue weighted by Gasteiger charge is -2.05. The molecule has 0 amide bonds. The van der Waals surface area contributed by atoms with E-state index < -0.39 is 5.56 Å². The van der Waals surface area contributed by atoms with Gasteiger partial charge in [0.05, 0.1) is 6.33 Å². The van der Waals surface area contributed by atoms with E-state index in [0.717, 1.165) is 5.56 Å². The average Bonchev–Trinajstić information content (AvgIpc) is 2.33. The van der Waals surface area contributed by atoms with Gasteiger partial charge in [-0.3, -0.25) is 4.79 Å².